The maximum absolute atomic E-state index is 11.4. The van der Waals surface area contributed by atoms with Gasteiger partial charge < -0.3 is 9.84 Å². The van der Waals surface area contributed by atoms with Crippen molar-refractivity contribution in [2.75, 3.05) is 7.11 Å². The number of rotatable bonds is 6. The molecule has 0 aliphatic heterocycles. The number of carboxylic acid groups (broad SMARTS) is 1. The molecule has 0 bridgehead atoms. The van der Waals surface area contributed by atoms with Crippen molar-refractivity contribution in [3.05, 3.63) is 71.3 Å². The van der Waals surface area contributed by atoms with Crippen LogP contribution in [0.5, 0.6) is 5.75 Å². The number of ether oxygens (including phenoxy) is 1. The monoisotopic (exact) mass is 308 g/mol. The van der Waals surface area contributed by atoms with E-state index in [1.165, 1.54) is 13.2 Å². The van der Waals surface area contributed by atoms with Gasteiger partial charge in [0, 0.05) is 17.2 Å². The van der Waals surface area contributed by atoms with Gasteiger partial charge >= 0.3 is 5.97 Å². The summed E-state index contributed by atoms with van der Waals surface area (Å²) in [5.74, 6) is -0.510. The van der Waals surface area contributed by atoms with Gasteiger partial charge in [-0.1, -0.05) is 36.4 Å². The Balaban J connectivity index is 2.45. The molecule has 0 heterocycles. The summed E-state index contributed by atoms with van der Waals surface area (Å²) in [6.45, 7) is 0. The van der Waals surface area contributed by atoms with E-state index in [-0.39, 0.29) is 0 Å². The Morgan fingerprint density at radius 2 is 1.87 bits per heavy atom. The van der Waals surface area contributed by atoms with Gasteiger partial charge in [-0.3, -0.25) is 4.79 Å². The third-order valence-electron chi connectivity index (χ3n) is 3.22. The lowest BCUT2D eigenvalue weighted by Crippen LogP contribution is -1.93. The van der Waals surface area contributed by atoms with Crippen molar-refractivity contribution in [1.29, 1.82) is 0 Å². The molecule has 0 aromatic heterocycles. The normalized spacial score (nSPS) is 11.4. The van der Waals surface area contributed by atoms with Gasteiger partial charge in [0.15, 0.2) is 6.29 Å². The van der Waals surface area contributed by atoms with Crippen molar-refractivity contribution in [2.24, 2.45) is 0 Å². The number of methoxy groups -OCH3 is 1. The van der Waals surface area contributed by atoms with Crippen LogP contribution in [0.15, 0.2) is 54.6 Å². The van der Waals surface area contributed by atoms with Crippen molar-refractivity contribution >= 4 is 30.0 Å². The summed E-state index contributed by atoms with van der Waals surface area (Å²) in [4.78, 5) is 22.1. The average Bonchev–Trinajstić information content (AvgIpc) is 2.58. The molecule has 0 fully saturated rings. The van der Waals surface area contributed by atoms with E-state index in [0.29, 0.717) is 22.4 Å². The summed E-state index contributed by atoms with van der Waals surface area (Å²) in [5.41, 5.74) is 2.69. The lowest BCUT2D eigenvalue weighted by molar-refractivity contribution is -0.131. The number of carbonyl (C=O) groups excluding carboxylic acids is 1. The predicted molar refractivity (Wildman–Crippen MR) is 90.0 cm³/mol. The zero-order valence-electron chi connectivity index (χ0n) is 12.6. The molecule has 0 spiro atoms. The molecule has 1 N–H and O–H groups in total. The number of aliphatic carboxylic acids is 1. The molecule has 0 saturated carbocycles. The van der Waals surface area contributed by atoms with Crippen molar-refractivity contribution in [3.63, 3.8) is 0 Å². The molecule has 23 heavy (non-hydrogen) atoms. The van der Waals surface area contributed by atoms with Gasteiger partial charge in [-0.2, -0.15) is 0 Å². The summed E-state index contributed by atoms with van der Waals surface area (Å²) in [6, 6.07) is 14.7. The second-order valence-electron chi connectivity index (χ2n) is 4.76. The minimum atomic E-state index is -1.05. The fraction of sp³-hybridized carbons (Fsp3) is 0.0526. The first-order valence-electron chi connectivity index (χ1n) is 6.95. The zero-order valence-corrected chi connectivity index (χ0v) is 12.6. The largest absolute Gasteiger partial charge is 0.496 e. The fourth-order valence-electron chi connectivity index (χ4n) is 2.12. The summed E-state index contributed by atoms with van der Waals surface area (Å²) in [7, 11) is 1.51. The third kappa shape index (κ3) is 4.41. The molecule has 2 aromatic carbocycles. The maximum atomic E-state index is 11.4. The molecule has 0 radical (unpaired) electrons. The molecule has 2 rings (SSSR count). The highest BCUT2D eigenvalue weighted by atomic mass is 16.5. The summed E-state index contributed by atoms with van der Waals surface area (Å²) >= 11 is 0. The molecule has 0 saturated heterocycles. The van der Waals surface area contributed by atoms with Gasteiger partial charge in [-0.25, -0.2) is 4.79 Å². The maximum Gasteiger partial charge on any atom is 0.328 e. The van der Waals surface area contributed by atoms with Gasteiger partial charge in [-0.15, -0.1) is 0 Å². The quantitative estimate of drug-likeness (QED) is 0.504. The average molecular weight is 308 g/mol. The first kappa shape index (κ1) is 16.2. The second kappa shape index (κ2) is 7.75. The number of hydrogen-bond acceptors (Lipinski definition) is 3. The molecule has 4 nitrogen and oxygen atoms in total. The van der Waals surface area contributed by atoms with Gasteiger partial charge in [0.2, 0.25) is 0 Å². The standard InChI is InChI=1S/C19H16O4/c1-23-18-9-7-15(12-16(18)8-10-19(21)22)17(13-20)11-14-5-3-2-4-6-14/h2-13H,1H3,(H,21,22). The van der Waals surface area contributed by atoms with Gasteiger partial charge in [0.25, 0.3) is 0 Å². The van der Waals surface area contributed by atoms with E-state index in [9.17, 15) is 9.59 Å². The van der Waals surface area contributed by atoms with Gasteiger partial charge in [-0.05, 0) is 35.4 Å². The molecule has 0 unspecified atom stereocenters. The SMILES string of the molecule is COc1ccc(C(C=O)=Cc2ccccc2)cc1C=CC(=O)O. The van der Waals surface area contributed by atoms with Crippen LogP contribution in [0, 0.1) is 0 Å². The Labute approximate surface area is 134 Å². The molecule has 0 aliphatic rings. The zero-order chi connectivity index (χ0) is 16.7. The number of allylic oxidation sites excluding steroid dienone is 1. The first-order chi connectivity index (χ1) is 11.1. The Kier molecular flexibility index (Phi) is 5.47. The Hall–Kier alpha value is -3.14. The van der Waals surface area contributed by atoms with Crippen molar-refractivity contribution < 1.29 is 19.4 Å². The molecular weight excluding hydrogens is 292 g/mol. The van der Waals surface area contributed by atoms with Crippen LogP contribution in [-0.4, -0.2) is 24.5 Å². The van der Waals surface area contributed by atoms with Crippen molar-refractivity contribution in [3.8, 4) is 5.75 Å². The van der Waals surface area contributed by atoms with E-state index in [0.717, 1.165) is 17.9 Å². The first-order valence-corrected chi connectivity index (χ1v) is 6.95. The van der Waals surface area contributed by atoms with E-state index in [2.05, 4.69) is 0 Å². The van der Waals surface area contributed by atoms with E-state index >= 15 is 0 Å². The smallest absolute Gasteiger partial charge is 0.328 e. The predicted octanol–water partition coefficient (Wildman–Crippen LogP) is 3.53. The summed E-state index contributed by atoms with van der Waals surface area (Å²) < 4.78 is 5.21. The van der Waals surface area contributed by atoms with E-state index in [1.54, 1.807) is 24.3 Å². The van der Waals surface area contributed by atoms with Crippen LogP contribution in [0.25, 0.3) is 17.7 Å². The minimum Gasteiger partial charge on any atom is -0.496 e. The second-order valence-corrected chi connectivity index (χ2v) is 4.76. The molecule has 4 heteroatoms. The minimum absolute atomic E-state index is 0.504. The van der Waals surface area contributed by atoms with Crippen LogP contribution in [-0.2, 0) is 9.59 Å². The van der Waals surface area contributed by atoms with E-state index in [4.69, 9.17) is 9.84 Å². The molecule has 0 amide bonds. The van der Waals surface area contributed by atoms with Crippen LogP contribution in [0.3, 0.4) is 0 Å². The van der Waals surface area contributed by atoms with E-state index < -0.39 is 5.97 Å². The summed E-state index contributed by atoms with van der Waals surface area (Å²) in [5, 5.41) is 8.76. The van der Waals surface area contributed by atoms with E-state index in [1.807, 2.05) is 30.3 Å². The Morgan fingerprint density at radius 3 is 2.48 bits per heavy atom. The lowest BCUT2D eigenvalue weighted by Gasteiger charge is -2.08. The molecule has 0 atom stereocenters. The van der Waals surface area contributed by atoms with Crippen LogP contribution in [0.2, 0.25) is 0 Å². The van der Waals surface area contributed by atoms with Gasteiger partial charge in [0.1, 0.15) is 5.75 Å². The number of carbonyl (C=O) groups is 2. The highest BCUT2D eigenvalue weighted by Crippen LogP contribution is 2.25. The molecule has 2 aromatic rings. The van der Waals surface area contributed by atoms with Crippen molar-refractivity contribution in [2.45, 2.75) is 0 Å². The van der Waals surface area contributed by atoms with Crippen LogP contribution >= 0.6 is 0 Å². The van der Waals surface area contributed by atoms with Crippen molar-refractivity contribution in [1.82, 2.24) is 0 Å². The number of hydrogen-bond donors (Lipinski definition) is 1. The lowest BCUT2D eigenvalue weighted by atomic mass is 10.0. The third-order valence-corrected chi connectivity index (χ3v) is 3.22. The number of benzene rings is 2. The fourth-order valence-corrected chi connectivity index (χ4v) is 2.12. The summed E-state index contributed by atoms with van der Waals surface area (Å²) in [6.07, 6.45) is 5.03. The molecular formula is C19H16O4. The van der Waals surface area contributed by atoms with Crippen LogP contribution < -0.4 is 4.74 Å². The number of aldehydes is 1. The van der Waals surface area contributed by atoms with Crippen LogP contribution in [0.1, 0.15) is 16.7 Å². The highest BCUT2D eigenvalue weighted by Gasteiger charge is 2.06. The Morgan fingerprint density at radius 1 is 1.13 bits per heavy atom. The topological polar surface area (TPSA) is 63.6 Å². The Bertz CT molecular complexity index is 758. The highest BCUT2D eigenvalue weighted by molar-refractivity contribution is 6.13. The molecule has 0 aliphatic carbocycles. The van der Waals surface area contributed by atoms with Gasteiger partial charge in [0.05, 0.1) is 7.11 Å². The molecule has 116 valence electrons. The number of carboxylic acids is 1. The van der Waals surface area contributed by atoms with Crippen LogP contribution in [0.4, 0.5) is 0 Å².